The second kappa shape index (κ2) is 74.3. The fourth-order valence-corrected chi connectivity index (χ4v) is 10.1. The molecule has 0 bridgehead atoms. The Kier molecular flexibility index (Phi) is 72.6. The van der Waals surface area contributed by atoms with Crippen molar-refractivity contribution in [3.05, 3.63) is 97.2 Å². The molecule has 0 unspecified atom stereocenters. The van der Waals surface area contributed by atoms with Crippen molar-refractivity contribution in [2.24, 2.45) is 0 Å². The molecular formula is C78H137O13P. The average molecular weight is 1310 g/mol. The van der Waals surface area contributed by atoms with Gasteiger partial charge in [0.2, 0.25) is 0 Å². The summed E-state index contributed by atoms with van der Waals surface area (Å²) in [6, 6.07) is 0. The number of carbonyl (C=O) groups excluding carboxylic acids is 4. The number of phosphoric ester groups is 1. The minimum absolute atomic E-state index is 0.0799. The molecule has 92 heavy (non-hydrogen) atoms. The molecule has 0 aromatic heterocycles. The lowest BCUT2D eigenvalue weighted by Gasteiger charge is -2.18. The fourth-order valence-electron chi connectivity index (χ4n) is 9.75. The number of hydrogen-bond donors (Lipinski definition) is 3. The van der Waals surface area contributed by atoms with Gasteiger partial charge in [-0.1, -0.05) is 253 Å². The van der Waals surface area contributed by atoms with Gasteiger partial charge in [-0.25, -0.2) is 4.57 Å². The number of aliphatic hydroxyl groups excluding tert-OH is 1. The van der Waals surface area contributed by atoms with Crippen LogP contribution in [0, 0.1) is 0 Å². The number of unbranched alkanes of at least 4 members (excludes halogenated alkanes) is 32. The van der Waals surface area contributed by atoms with Crippen molar-refractivity contribution in [2.45, 2.75) is 348 Å². The molecule has 0 aliphatic carbocycles. The highest BCUT2D eigenvalue weighted by Crippen LogP contribution is 2.36. The van der Waals surface area contributed by atoms with E-state index in [4.69, 9.17) is 28.7 Å². The van der Waals surface area contributed by atoms with Crippen molar-refractivity contribution in [1.29, 1.82) is 0 Å². The van der Waals surface area contributed by atoms with Gasteiger partial charge in [-0.15, -0.1) is 0 Å². The molecule has 3 N–H and O–H groups in total. The lowest BCUT2D eigenvalue weighted by Crippen LogP contribution is -2.29. The molecule has 0 aromatic carbocycles. The summed E-state index contributed by atoms with van der Waals surface area (Å²) < 4.78 is 36.8. The van der Waals surface area contributed by atoms with Gasteiger partial charge in [-0.3, -0.25) is 23.7 Å². The van der Waals surface area contributed by atoms with E-state index in [1.165, 1.54) is 122 Å². The van der Waals surface area contributed by atoms with E-state index in [0.29, 0.717) is 25.7 Å². The second-order valence-corrected chi connectivity index (χ2v) is 25.7. The summed E-state index contributed by atoms with van der Waals surface area (Å²) in [5.74, 6) is -1.55. The first-order chi connectivity index (χ1) is 44.9. The Bertz CT molecular complexity index is 1950. The topological polar surface area (TPSA) is 192 Å². The van der Waals surface area contributed by atoms with E-state index in [1.807, 2.05) is 0 Å². The minimum Gasteiger partial charge on any atom is -0.462 e. The van der Waals surface area contributed by atoms with Gasteiger partial charge in [0.15, 0.2) is 12.2 Å². The van der Waals surface area contributed by atoms with Crippen LogP contribution in [0.3, 0.4) is 0 Å². The van der Waals surface area contributed by atoms with E-state index >= 15 is 0 Å². The molecule has 13 nitrogen and oxygen atoms in total. The van der Waals surface area contributed by atoms with Crippen molar-refractivity contribution in [2.75, 3.05) is 26.4 Å². The summed E-state index contributed by atoms with van der Waals surface area (Å²) in [6.07, 6.45) is 84.1. The molecule has 0 aliphatic rings. The Morgan fingerprint density at radius 3 is 0.793 bits per heavy atom. The van der Waals surface area contributed by atoms with Crippen molar-refractivity contribution >= 4 is 31.7 Å². The first kappa shape index (κ1) is 89.9. The van der Waals surface area contributed by atoms with E-state index in [-0.39, 0.29) is 44.6 Å². The Morgan fingerprint density at radius 2 is 0.533 bits per heavy atom. The normalized spacial score (nSPS) is 12.9. The molecule has 0 aliphatic heterocycles. The third-order valence-corrected chi connectivity index (χ3v) is 15.9. The molecule has 0 fully saturated rings. The van der Waals surface area contributed by atoms with Crippen LogP contribution in [0.4, 0.5) is 0 Å². The molecule has 0 radical (unpaired) electrons. The molecule has 0 spiro atoms. The molecule has 0 aromatic rings. The Hall–Kier alpha value is -4.13. The van der Waals surface area contributed by atoms with Gasteiger partial charge in [-0.05, 0) is 154 Å². The van der Waals surface area contributed by atoms with Crippen molar-refractivity contribution < 1.29 is 62.1 Å². The molecule has 0 amide bonds. The molecule has 0 saturated carbocycles. The molecular weight excluding hydrogens is 1180 g/mol. The lowest BCUT2D eigenvalue weighted by molar-refractivity contribution is -0.161. The van der Waals surface area contributed by atoms with Crippen LogP contribution in [0.5, 0.6) is 0 Å². The van der Waals surface area contributed by atoms with Gasteiger partial charge in [-0.2, -0.15) is 0 Å². The zero-order valence-corrected chi connectivity index (χ0v) is 59.9. The van der Waals surface area contributed by atoms with Gasteiger partial charge < -0.3 is 33.8 Å². The summed E-state index contributed by atoms with van der Waals surface area (Å²) >= 11 is 0. The van der Waals surface area contributed by atoms with Gasteiger partial charge >= 0.3 is 31.7 Å². The smallest absolute Gasteiger partial charge is 0.462 e. The quantitative estimate of drug-likeness (QED) is 0.0171. The standard InChI is InChI=1S/C39H69O8P.C39H68O5/c1-3-5-7-9-11-13-15-17-19-21-23-25-27-29-31-33-38(40)45-35-37(36-46-48(42,43)44)47-39(41)34-32-30-28-26-24-22-20-18-16-14-12-10-8-6-4-2;1-3-5-7-9-11-13-15-17-19-21-23-25-27-29-31-33-38(41)43-36-37(35-40)44-39(42)34-32-30-28-26-24-22-20-18-16-14-12-10-8-6-4-2/h11-14,17-20,37H,3-10,15-16,21-36H2,1-2H3,(H2,42,43,44);11-14,17-20,37,40H,3-10,15-16,21-36H2,1-2H3/b13-11+,14-12+,19-17+,20-18+;13-11+,14-12-,19-17+,20-18+/t2*37-/m10/s1. The predicted molar refractivity (Wildman–Crippen MR) is 384 cm³/mol. The average Bonchev–Trinajstić information content (AvgIpc) is 3.59. The third-order valence-electron chi connectivity index (χ3n) is 15.4. The Morgan fingerprint density at radius 1 is 0.304 bits per heavy atom. The molecule has 0 saturated heterocycles. The molecule has 14 heteroatoms. The van der Waals surface area contributed by atoms with E-state index in [2.05, 4.69) is 129 Å². The number of hydrogen-bond acceptors (Lipinski definition) is 11. The molecule has 0 heterocycles. The number of esters is 4. The number of aliphatic hydroxyl groups is 1. The second-order valence-electron chi connectivity index (χ2n) is 24.5. The Labute approximate surface area is 562 Å². The summed E-state index contributed by atoms with van der Waals surface area (Å²) in [6.45, 7) is 7.64. The number of allylic oxidation sites excluding steroid dienone is 16. The minimum atomic E-state index is -4.76. The monoisotopic (exact) mass is 1310 g/mol. The van der Waals surface area contributed by atoms with Crippen molar-refractivity contribution in [3.63, 3.8) is 0 Å². The van der Waals surface area contributed by atoms with Crippen LogP contribution in [-0.2, 0) is 47.2 Å². The summed E-state index contributed by atoms with van der Waals surface area (Å²) in [7, 11) is -4.76. The van der Waals surface area contributed by atoms with E-state index in [0.717, 1.165) is 148 Å². The summed E-state index contributed by atoms with van der Waals surface area (Å²) in [5, 5.41) is 9.52. The maximum atomic E-state index is 12.4. The van der Waals surface area contributed by atoms with Gasteiger partial charge in [0.05, 0.1) is 13.2 Å². The largest absolute Gasteiger partial charge is 0.469 e. The van der Waals surface area contributed by atoms with Crippen LogP contribution in [0.1, 0.15) is 336 Å². The molecule has 532 valence electrons. The van der Waals surface area contributed by atoms with E-state index < -0.39 is 38.6 Å². The van der Waals surface area contributed by atoms with Crippen molar-refractivity contribution in [1.82, 2.24) is 0 Å². The third kappa shape index (κ3) is 76.6. The van der Waals surface area contributed by atoms with Crippen LogP contribution in [-0.4, -0.2) is 77.4 Å². The number of carbonyl (C=O) groups is 4. The number of phosphoric acid groups is 1. The van der Waals surface area contributed by atoms with Crippen LogP contribution in [0.15, 0.2) is 97.2 Å². The zero-order valence-electron chi connectivity index (χ0n) is 59.0. The van der Waals surface area contributed by atoms with Crippen LogP contribution in [0.2, 0.25) is 0 Å². The molecule has 0 rings (SSSR count). The Balaban J connectivity index is 0. The van der Waals surface area contributed by atoms with Crippen molar-refractivity contribution in [3.8, 4) is 0 Å². The molecule has 2 atom stereocenters. The lowest BCUT2D eigenvalue weighted by atomic mass is 10.1. The van der Waals surface area contributed by atoms with Crippen LogP contribution >= 0.6 is 7.82 Å². The van der Waals surface area contributed by atoms with E-state index in [1.54, 1.807) is 0 Å². The van der Waals surface area contributed by atoms with Gasteiger partial charge in [0, 0.05) is 25.7 Å². The number of rotatable bonds is 66. The first-order valence-corrected chi connectivity index (χ1v) is 38.7. The van der Waals surface area contributed by atoms with Gasteiger partial charge in [0.1, 0.15) is 13.2 Å². The summed E-state index contributed by atoms with van der Waals surface area (Å²) in [5.41, 5.74) is 0. The van der Waals surface area contributed by atoms with Crippen LogP contribution in [0.25, 0.3) is 0 Å². The first-order valence-electron chi connectivity index (χ1n) is 37.1. The predicted octanol–water partition coefficient (Wildman–Crippen LogP) is 22.2. The fraction of sp³-hybridized carbons (Fsp3) is 0.744. The van der Waals surface area contributed by atoms with E-state index in [9.17, 15) is 28.8 Å². The summed E-state index contributed by atoms with van der Waals surface area (Å²) in [4.78, 5) is 66.9. The van der Waals surface area contributed by atoms with Gasteiger partial charge in [0.25, 0.3) is 0 Å². The highest BCUT2D eigenvalue weighted by Gasteiger charge is 2.23. The highest BCUT2D eigenvalue weighted by atomic mass is 31.2. The maximum Gasteiger partial charge on any atom is 0.469 e. The number of ether oxygens (including phenoxy) is 4. The zero-order chi connectivity index (χ0) is 67.6. The SMILES string of the molecule is CCCCC/C=C/C/C=C/CCCCCCCC(=O)OC[C@H](COP(=O)(O)O)OC(=O)CCCCCCC/C=C/C/C=C/CCCCC.CCCCC/C=C\C/C=C/CCCCCCCC(=O)O[C@@H](CO)COC(=O)CCCCCCC/C=C/C/C=C/CCCCC. The highest BCUT2D eigenvalue weighted by molar-refractivity contribution is 7.46. The van der Waals surface area contributed by atoms with Crippen LogP contribution < -0.4 is 0 Å². The maximum absolute atomic E-state index is 12.4.